The van der Waals surface area contributed by atoms with Crippen LogP contribution in [0, 0.1) is 0 Å². The average Bonchev–Trinajstić information content (AvgIpc) is 2.74. The highest BCUT2D eigenvalue weighted by atomic mass is 35.5. The number of fused-ring (bicyclic) bond motifs is 1. The van der Waals surface area contributed by atoms with E-state index in [1.807, 2.05) is 17.5 Å². The normalized spacial score (nSPS) is 10.9. The van der Waals surface area contributed by atoms with Crippen LogP contribution >= 0.6 is 22.9 Å². The van der Waals surface area contributed by atoms with Crippen molar-refractivity contribution in [2.24, 2.45) is 0 Å². The zero-order valence-electron chi connectivity index (χ0n) is 9.22. The molecule has 90 valence electrons. The van der Waals surface area contributed by atoms with Gasteiger partial charge in [-0.25, -0.2) is 9.97 Å². The SMILES string of the molecule is Nc1ccc(-c2csc3ncnc(N)c23)c(Cl)c1. The summed E-state index contributed by atoms with van der Waals surface area (Å²) in [6.45, 7) is 0. The maximum Gasteiger partial charge on any atom is 0.136 e. The Labute approximate surface area is 112 Å². The van der Waals surface area contributed by atoms with E-state index in [0.29, 0.717) is 16.5 Å². The Morgan fingerprint density at radius 3 is 2.72 bits per heavy atom. The summed E-state index contributed by atoms with van der Waals surface area (Å²) < 4.78 is 0. The van der Waals surface area contributed by atoms with E-state index in [4.69, 9.17) is 23.1 Å². The molecule has 3 aromatic rings. The summed E-state index contributed by atoms with van der Waals surface area (Å²) in [5.41, 5.74) is 14.1. The van der Waals surface area contributed by atoms with Crippen LogP contribution in [0.1, 0.15) is 0 Å². The Kier molecular flexibility index (Phi) is 2.57. The summed E-state index contributed by atoms with van der Waals surface area (Å²) in [4.78, 5) is 9.07. The van der Waals surface area contributed by atoms with Gasteiger partial charge in [-0.3, -0.25) is 0 Å². The summed E-state index contributed by atoms with van der Waals surface area (Å²) >= 11 is 7.73. The molecule has 2 heterocycles. The molecule has 3 rings (SSSR count). The topological polar surface area (TPSA) is 77.8 Å². The number of nitrogen functional groups attached to an aromatic ring is 2. The largest absolute Gasteiger partial charge is 0.399 e. The van der Waals surface area contributed by atoms with Crippen LogP contribution < -0.4 is 11.5 Å². The van der Waals surface area contributed by atoms with Crippen molar-refractivity contribution in [2.45, 2.75) is 0 Å². The minimum absolute atomic E-state index is 0.462. The van der Waals surface area contributed by atoms with Gasteiger partial charge in [-0.2, -0.15) is 0 Å². The minimum Gasteiger partial charge on any atom is -0.399 e. The number of nitrogens with two attached hydrogens (primary N) is 2. The highest BCUT2D eigenvalue weighted by Gasteiger charge is 2.13. The highest BCUT2D eigenvalue weighted by molar-refractivity contribution is 7.17. The molecule has 0 aliphatic rings. The van der Waals surface area contributed by atoms with Crippen LogP contribution in [0.2, 0.25) is 5.02 Å². The lowest BCUT2D eigenvalue weighted by Crippen LogP contribution is -1.92. The number of hydrogen-bond acceptors (Lipinski definition) is 5. The fraction of sp³-hybridized carbons (Fsp3) is 0. The van der Waals surface area contributed by atoms with Gasteiger partial charge in [0.25, 0.3) is 0 Å². The van der Waals surface area contributed by atoms with Crippen molar-refractivity contribution in [3.05, 3.63) is 34.9 Å². The van der Waals surface area contributed by atoms with Crippen LogP contribution in [0.5, 0.6) is 0 Å². The molecule has 0 atom stereocenters. The van der Waals surface area contributed by atoms with Gasteiger partial charge in [-0.1, -0.05) is 17.7 Å². The number of thiophene rings is 1. The third-order valence-corrected chi connectivity index (χ3v) is 3.88. The van der Waals surface area contributed by atoms with E-state index >= 15 is 0 Å². The molecule has 4 nitrogen and oxygen atoms in total. The van der Waals surface area contributed by atoms with E-state index in [0.717, 1.165) is 21.3 Å². The Morgan fingerprint density at radius 1 is 1.11 bits per heavy atom. The molecular formula is C12H9ClN4S. The molecule has 0 fully saturated rings. The van der Waals surface area contributed by atoms with E-state index in [9.17, 15) is 0 Å². The van der Waals surface area contributed by atoms with Crippen molar-refractivity contribution in [3.8, 4) is 11.1 Å². The first-order chi connectivity index (χ1) is 8.66. The molecule has 0 amide bonds. The van der Waals surface area contributed by atoms with Gasteiger partial charge in [0, 0.05) is 22.2 Å². The minimum atomic E-state index is 0.462. The van der Waals surface area contributed by atoms with Crippen molar-refractivity contribution in [3.63, 3.8) is 0 Å². The molecule has 0 saturated heterocycles. The summed E-state index contributed by atoms with van der Waals surface area (Å²) in [7, 11) is 0. The van der Waals surface area contributed by atoms with Crippen molar-refractivity contribution >= 4 is 44.7 Å². The van der Waals surface area contributed by atoms with Crippen molar-refractivity contribution in [1.82, 2.24) is 9.97 Å². The number of halogens is 1. The fourth-order valence-electron chi connectivity index (χ4n) is 1.85. The van der Waals surface area contributed by atoms with Gasteiger partial charge < -0.3 is 11.5 Å². The quantitative estimate of drug-likeness (QED) is 0.669. The number of anilines is 2. The summed E-state index contributed by atoms with van der Waals surface area (Å²) in [5, 5.41) is 3.42. The third-order valence-electron chi connectivity index (χ3n) is 2.68. The molecule has 0 aliphatic heterocycles. The summed E-state index contributed by atoms with van der Waals surface area (Å²) in [6.07, 6.45) is 1.46. The van der Waals surface area contributed by atoms with Crippen LogP contribution in [0.3, 0.4) is 0 Å². The number of benzene rings is 1. The van der Waals surface area contributed by atoms with Crippen LogP contribution in [0.25, 0.3) is 21.3 Å². The Morgan fingerprint density at radius 2 is 1.94 bits per heavy atom. The van der Waals surface area contributed by atoms with Gasteiger partial charge in [0.15, 0.2) is 0 Å². The van der Waals surface area contributed by atoms with Crippen LogP contribution in [-0.4, -0.2) is 9.97 Å². The molecule has 4 N–H and O–H groups in total. The predicted octanol–water partition coefficient (Wildman–Crippen LogP) is 3.18. The van der Waals surface area contributed by atoms with E-state index in [2.05, 4.69) is 9.97 Å². The monoisotopic (exact) mass is 276 g/mol. The molecule has 0 saturated carbocycles. The van der Waals surface area contributed by atoms with Gasteiger partial charge in [0.1, 0.15) is 17.0 Å². The summed E-state index contributed by atoms with van der Waals surface area (Å²) in [6, 6.07) is 5.41. The number of aromatic nitrogens is 2. The lowest BCUT2D eigenvalue weighted by atomic mass is 10.1. The molecule has 0 spiro atoms. The predicted molar refractivity (Wildman–Crippen MR) is 76.7 cm³/mol. The van der Waals surface area contributed by atoms with Crippen LogP contribution in [0.4, 0.5) is 11.5 Å². The van der Waals surface area contributed by atoms with Crippen molar-refractivity contribution in [2.75, 3.05) is 11.5 Å². The first-order valence-electron chi connectivity index (χ1n) is 5.20. The fourth-order valence-corrected chi connectivity index (χ4v) is 3.05. The highest BCUT2D eigenvalue weighted by Crippen LogP contribution is 2.39. The molecule has 1 aromatic carbocycles. The molecule has 6 heteroatoms. The lowest BCUT2D eigenvalue weighted by molar-refractivity contribution is 1.24. The number of nitrogens with zero attached hydrogens (tertiary/aromatic N) is 2. The maximum absolute atomic E-state index is 6.22. The second kappa shape index (κ2) is 4.12. The number of rotatable bonds is 1. The van der Waals surface area contributed by atoms with E-state index in [-0.39, 0.29) is 0 Å². The molecule has 0 bridgehead atoms. The molecule has 18 heavy (non-hydrogen) atoms. The van der Waals surface area contributed by atoms with Gasteiger partial charge in [-0.15, -0.1) is 11.3 Å². The van der Waals surface area contributed by atoms with Gasteiger partial charge >= 0.3 is 0 Å². The molecule has 0 aliphatic carbocycles. The molecule has 0 unspecified atom stereocenters. The van der Waals surface area contributed by atoms with Crippen LogP contribution in [0.15, 0.2) is 29.9 Å². The molecular weight excluding hydrogens is 268 g/mol. The summed E-state index contributed by atoms with van der Waals surface area (Å²) in [5.74, 6) is 0.462. The second-order valence-corrected chi connectivity index (χ2v) is 5.09. The van der Waals surface area contributed by atoms with Gasteiger partial charge in [-0.05, 0) is 12.1 Å². The second-order valence-electron chi connectivity index (χ2n) is 3.83. The lowest BCUT2D eigenvalue weighted by Gasteiger charge is -2.05. The maximum atomic E-state index is 6.22. The zero-order valence-corrected chi connectivity index (χ0v) is 10.8. The third kappa shape index (κ3) is 1.68. The van der Waals surface area contributed by atoms with E-state index < -0.39 is 0 Å². The zero-order chi connectivity index (χ0) is 12.7. The van der Waals surface area contributed by atoms with Crippen molar-refractivity contribution in [1.29, 1.82) is 0 Å². The smallest absolute Gasteiger partial charge is 0.136 e. The Bertz CT molecular complexity index is 738. The Balaban J connectivity index is 2.32. The first kappa shape index (κ1) is 11.3. The van der Waals surface area contributed by atoms with Crippen LogP contribution in [-0.2, 0) is 0 Å². The van der Waals surface area contributed by atoms with E-state index in [1.54, 1.807) is 6.07 Å². The average molecular weight is 277 g/mol. The Hall–Kier alpha value is -1.85. The standard InChI is InChI=1S/C12H9ClN4S/c13-9-3-6(14)1-2-7(9)8-4-18-12-10(8)11(15)16-5-17-12/h1-5H,14H2,(H2,15,16,17). The number of hydrogen-bond donors (Lipinski definition) is 2. The molecule has 2 aromatic heterocycles. The first-order valence-corrected chi connectivity index (χ1v) is 6.45. The van der Waals surface area contributed by atoms with E-state index in [1.165, 1.54) is 17.7 Å². The molecule has 0 radical (unpaired) electrons. The van der Waals surface area contributed by atoms with Gasteiger partial charge in [0.2, 0.25) is 0 Å². The van der Waals surface area contributed by atoms with Gasteiger partial charge in [0.05, 0.1) is 10.4 Å². The van der Waals surface area contributed by atoms with Crippen molar-refractivity contribution < 1.29 is 0 Å².